The monoisotopic (exact) mass is 450 g/mol. The van der Waals surface area contributed by atoms with Gasteiger partial charge in [-0.1, -0.05) is 45.4 Å². The summed E-state index contributed by atoms with van der Waals surface area (Å²) in [6.45, 7) is 9.47. The van der Waals surface area contributed by atoms with Crippen LogP contribution < -0.4 is 9.47 Å². The number of thiol groups is 1. The van der Waals surface area contributed by atoms with Crippen molar-refractivity contribution in [2.75, 3.05) is 32.3 Å². The first-order valence-electron chi connectivity index (χ1n) is 10.8. The topological polar surface area (TPSA) is 27.7 Å². The predicted molar refractivity (Wildman–Crippen MR) is 129 cm³/mol. The van der Waals surface area contributed by atoms with Gasteiger partial charge in [-0.2, -0.15) is 0 Å². The number of halogens is 1. The van der Waals surface area contributed by atoms with Gasteiger partial charge in [-0.25, -0.2) is 0 Å². The van der Waals surface area contributed by atoms with Crippen molar-refractivity contribution in [1.29, 1.82) is 0 Å². The number of benzene rings is 2. The van der Waals surface area contributed by atoms with E-state index in [1.165, 1.54) is 17.5 Å². The van der Waals surface area contributed by atoms with Gasteiger partial charge in [0.05, 0.1) is 13.2 Å². The minimum Gasteiger partial charge on any atom is -0.494 e. The molecule has 0 saturated heterocycles. The van der Waals surface area contributed by atoms with Crippen molar-refractivity contribution in [3.63, 3.8) is 0 Å². The molecule has 0 heterocycles. The molecule has 2 aromatic rings. The Bertz CT molecular complexity index is 747. The van der Waals surface area contributed by atoms with Gasteiger partial charge in [0.15, 0.2) is 0 Å². The molecule has 0 atom stereocenters. The van der Waals surface area contributed by atoms with Crippen molar-refractivity contribution >= 4 is 24.2 Å². The summed E-state index contributed by atoms with van der Waals surface area (Å²) in [5.41, 5.74) is 2.26. The van der Waals surface area contributed by atoms with Gasteiger partial charge in [-0.15, -0.1) is 24.2 Å². The minimum atomic E-state index is -0.155. The van der Waals surface area contributed by atoms with E-state index < -0.39 is 0 Å². The Kier molecular flexibility index (Phi) is 10.9. The van der Waals surface area contributed by atoms with E-state index in [1.807, 2.05) is 18.2 Å². The smallest absolute Gasteiger partial charge is 0.132 e. The second-order valence-corrected chi connectivity index (χ2v) is 8.75. The number of ether oxygens (including phenoxy) is 3. The molecule has 0 bridgehead atoms. The van der Waals surface area contributed by atoms with Gasteiger partial charge in [-0.3, -0.25) is 0 Å². The lowest BCUT2D eigenvalue weighted by Gasteiger charge is -2.27. The molecule has 0 amide bonds. The summed E-state index contributed by atoms with van der Waals surface area (Å²) in [5.74, 6) is 2.28. The number of rotatable bonds is 14. The SMILES string of the molecule is CCCCOCCCOc1ccc(C(C)(C)c2ccc(OCCCCl)c(S)c2)cc1. The Labute approximate surface area is 192 Å². The summed E-state index contributed by atoms with van der Waals surface area (Å²) in [5, 5.41) is 0. The van der Waals surface area contributed by atoms with Crippen molar-refractivity contribution in [3.05, 3.63) is 53.6 Å². The Morgan fingerprint density at radius 2 is 1.50 bits per heavy atom. The van der Waals surface area contributed by atoms with Crippen molar-refractivity contribution in [1.82, 2.24) is 0 Å². The molecule has 166 valence electrons. The highest BCUT2D eigenvalue weighted by Gasteiger charge is 2.24. The van der Waals surface area contributed by atoms with Gasteiger partial charge in [0, 0.05) is 35.8 Å². The van der Waals surface area contributed by atoms with E-state index in [0.717, 1.165) is 48.9 Å². The first-order valence-corrected chi connectivity index (χ1v) is 11.8. The van der Waals surface area contributed by atoms with Crippen LogP contribution in [0.25, 0.3) is 0 Å². The molecule has 0 spiro atoms. The van der Waals surface area contributed by atoms with Crippen LogP contribution in [0.4, 0.5) is 0 Å². The van der Waals surface area contributed by atoms with Crippen molar-refractivity contribution in [2.24, 2.45) is 0 Å². The molecule has 0 radical (unpaired) electrons. The first kappa shape index (κ1) is 24.9. The third-order valence-electron chi connectivity index (χ3n) is 5.14. The first-order chi connectivity index (χ1) is 14.5. The Morgan fingerprint density at radius 3 is 2.17 bits per heavy atom. The molecule has 0 aliphatic heterocycles. The van der Waals surface area contributed by atoms with Crippen molar-refractivity contribution in [3.8, 4) is 11.5 Å². The molecule has 3 nitrogen and oxygen atoms in total. The average Bonchev–Trinajstić information content (AvgIpc) is 2.74. The fourth-order valence-corrected chi connectivity index (χ4v) is 3.49. The van der Waals surface area contributed by atoms with Gasteiger partial charge >= 0.3 is 0 Å². The van der Waals surface area contributed by atoms with Crippen LogP contribution in [0.2, 0.25) is 0 Å². The lowest BCUT2D eigenvalue weighted by molar-refractivity contribution is 0.117. The zero-order valence-electron chi connectivity index (χ0n) is 18.5. The van der Waals surface area contributed by atoms with E-state index >= 15 is 0 Å². The van der Waals surface area contributed by atoms with Crippen molar-refractivity contribution < 1.29 is 14.2 Å². The van der Waals surface area contributed by atoms with Crippen LogP contribution in [-0.4, -0.2) is 32.3 Å². The van der Waals surface area contributed by atoms with E-state index in [0.29, 0.717) is 19.1 Å². The molecular weight excluding hydrogens is 416 g/mol. The minimum absolute atomic E-state index is 0.155. The van der Waals surface area contributed by atoms with E-state index in [-0.39, 0.29) is 5.41 Å². The van der Waals surface area contributed by atoms with Gasteiger partial charge in [-0.05, 0) is 48.2 Å². The normalized spacial score (nSPS) is 11.5. The molecule has 30 heavy (non-hydrogen) atoms. The highest BCUT2D eigenvalue weighted by molar-refractivity contribution is 7.80. The molecule has 5 heteroatoms. The Morgan fingerprint density at radius 1 is 0.833 bits per heavy atom. The fraction of sp³-hybridized carbons (Fsp3) is 0.520. The molecular formula is C25H35ClO3S. The average molecular weight is 451 g/mol. The van der Waals surface area contributed by atoms with Gasteiger partial charge in [0.2, 0.25) is 0 Å². The maximum Gasteiger partial charge on any atom is 0.132 e. The number of hydrogen-bond acceptors (Lipinski definition) is 4. The molecule has 0 fully saturated rings. The molecule has 0 N–H and O–H groups in total. The van der Waals surface area contributed by atoms with Crippen LogP contribution in [0, 0.1) is 0 Å². The molecule has 0 unspecified atom stereocenters. The molecule has 0 aliphatic carbocycles. The Balaban J connectivity index is 1.92. The highest BCUT2D eigenvalue weighted by Crippen LogP contribution is 2.36. The van der Waals surface area contributed by atoms with Crippen LogP contribution >= 0.6 is 24.2 Å². The molecule has 2 aromatic carbocycles. The summed E-state index contributed by atoms with van der Waals surface area (Å²) in [7, 11) is 0. The Hall–Kier alpha value is -1.36. The van der Waals surface area contributed by atoms with Gasteiger partial charge < -0.3 is 14.2 Å². The lowest BCUT2D eigenvalue weighted by atomic mass is 9.78. The second kappa shape index (κ2) is 13.1. The largest absolute Gasteiger partial charge is 0.494 e. The summed E-state index contributed by atoms with van der Waals surface area (Å²) in [6, 6.07) is 14.5. The van der Waals surface area contributed by atoms with Crippen LogP contribution in [0.1, 0.15) is 57.6 Å². The lowest BCUT2D eigenvalue weighted by Crippen LogP contribution is -2.19. The quantitative estimate of drug-likeness (QED) is 0.193. The zero-order valence-corrected chi connectivity index (χ0v) is 20.1. The van der Waals surface area contributed by atoms with Crippen molar-refractivity contribution in [2.45, 2.75) is 56.8 Å². The zero-order chi connectivity index (χ0) is 21.8. The number of unbranched alkanes of at least 4 members (excludes halogenated alkanes) is 1. The maximum atomic E-state index is 5.85. The van der Waals surface area contributed by atoms with Crippen LogP contribution in [0.5, 0.6) is 11.5 Å². The van der Waals surface area contributed by atoms with E-state index in [1.54, 1.807) is 0 Å². The van der Waals surface area contributed by atoms with Gasteiger partial charge in [0.25, 0.3) is 0 Å². The molecule has 0 saturated carbocycles. The van der Waals surface area contributed by atoms with E-state index in [4.69, 9.17) is 25.8 Å². The summed E-state index contributed by atoms with van der Waals surface area (Å²) >= 11 is 10.3. The molecule has 2 rings (SSSR count). The number of hydrogen-bond donors (Lipinski definition) is 1. The third-order valence-corrected chi connectivity index (χ3v) is 5.75. The molecule has 0 aliphatic rings. The summed E-state index contributed by atoms with van der Waals surface area (Å²) < 4.78 is 17.2. The van der Waals surface area contributed by atoms with Crippen LogP contribution in [0.15, 0.2) is 47.4 Å². The second-order valence-electron chi connectivity index (χ2n) is 7.89. The number of alkyl halides is 1. The van der Waals surface area contributed by atoms with E-state index in [2.05, 4.69) is 57.7 Å². The van der Waals surface area contributed by atoms with E-state index in [9.17, 15) is 0 Å². The highest BCUT2D eigenvalue weighted by atomic mass is 35.5. The predicted octanol–water partition coefficient (Wildman–Crippen LogP) is 6.89. The fourth-order valence-electron chi connectivity index (χ4n) is 3.10. The van der Waals surface area contributed by atoms with Crippen LogP contribution in [-0.2, 0) is 10.2 Å². The third kappa shape index (κ3) is 7.72. The van der Waals surface area contributed by atoms with Crippen LogP contribution in [0.3, 0.4) is 0 Å². The standard InChI is InChI=1S/C25H35ClO3S/c1-4-5-15-27-16-7-18-28-22-11-8-20(9-12-22)25(2,3)21-10-13-23(24(30)19-21)29-17-6-14-26/h8-13,19,30H,4-7,14-18H2,1-3H3. The van der Waals surface area contributed by atoms with Gasteiger partial charge in [0.1, 0.15) is 11.5 Å². The summed E-state index contributed by atoms with van der Waals surface area (Å²) in [6.07, 6.45) is 4.01. The summed E-state index contributed by atoms with van der Waals surface area (Å²) in [4.78, 5) is 0.844. The molecule has 0 aromatic heterocycles. The maximum absolute atomic E-state index is 5.85.